The molecule has 1 aromatic rings. The van der Waals surface area contributed by atoms with Gasteiger partial charge in [0.05, 0.1) is 18.5 Å². The quantitative estimate of drug-likeness (QED) is 0.436. The minimum absolute atomic E-state index is 0.0144. The predicted octanol–water partition coefficient (Wildman–Crippen LogP) is 1.58. The highest BCUT2D eigenvalue weighted by atomic mass is 32.2. The number of benzene rings is 1. The highest BCUT2D eigenvalue weighted by Gasteiger charge is 2.18. The van der Waals surface area contributed by atoms with Crippen molar-refractivity contribution in [1.82, 2.24) is 14.9 Å². The van der Waals surface area contributed by atoms with Gasteiger partial charge in [0.25, 0.3) is 0 Å². The van der Waals surface area contributed by atoms with Crippen molar-refractivity contribution in [3.05, 3.63) is 29.8 Å². The first-order valence-electron chi connectivity index (χ1n) is 10.2. The first-order valence-corrected chi connectivity index (χ1v) is 11.8. The maximum Gasteiger partial charge on any atom is 0.213 e. The lowest BCUT2D eigenvalue weighted by Gasteiger charge is -2.23. The summed E-state index contributed by atoms with van der Waals surface area (Å²) in [5, 5.41) is 3.12. The molecule has 29 heavy (non-hydrogen) atoms. The molecular formula is C20H34N4O4S. The third-order valence-corrected chi connectivity index (χ3v) is 6.03. The fraction of sp³-hybridized carbons (Fsp3) is 0.650. The number of ether oxygens (including phenoxy) is 2. The first kappa shape index (κ1) is 23.4. The Morgan fingerprint density at radius 1 is 1.31 bits per heavy atom. The van der Waals surface area contributed by atoms with Gasteiger partial charge in [0.15, 0.2) is 5.96 Å². The van der Waals surface area contributed by atoms with E-state index in [1.807, 2.05) is 43.1 Å². The molecule has 1 aliphatic heterocycles. The maximum absolute atomic E-state index is 12.2. The van der Waals surface area contributed by atoms with Gasteiger partial charge in [-0.05, 0) is 43.9 Å². The van der Waals surface area contributed by atoms with Gasteiger partial charge in [-0.25, -0.2) is 13.1 Å². The zero-order valence-corrected chi connectivity index (χ0v) is 18.5. The highest BCUT2D eigenvalue weighted by molar-refractivity contribution is 7.89. The van der Waals surface area contributed by atoms with Gasteiger partial charge < -0.3 is 19.7 Å². The van der Waals surface area contributed by atoms with Crippen molar-refractivity contribution in [2.45, 2.75) is 38.8 Å². The number of hydrogen-bond acceptors (Lipinski definition) is 5. The van der Waals surface area contributed by atoms with E-state index in [9.17, 15) is 8.42 Å². The molecule has 164 valence electrons. The topological polar surface area (TPSA) is 92.3 Å². The van der Waals surface area contributed by atoms with Crippen LogP contribution in [0.1, 0.15) is 31.7 Å². The summed E-state index contributed by atoms with van der Waals surface area (Å²) in [7, 11) is 0.241. The van der Waals surface area contributed by atoms with Crippen LogP contribution >= 0.6 is 0 Å². The zero-order chi connectivity index (χ0) is 21.1. The summed E-state index contributed by atoms with van der Waals surface area (Å²) in [6, 6.07) is 7.90. The van der Waals surface area contributed by atoms with Crippen LogP contribution in [0.4, 0.5) is 0 Å². The molecule has 0 aliphatic carbocycles. The van der Waals surface area contributed by atoms with Crippen LogP contribution in [-0.2, 0) is 21.3 Å². The van der Waals surface area contributed by atoms with Gasteiger partial charge in [-0.2, -0.15) is 0 Å². The zero-order valence-electron chi connectivity index (χ0n) is 17.7. The molecule has 1 fully saturated rings. The minimum Gasteiger partial charge on any atom is -0.494 e. The number of aliphatic imine (C=N–C) groups is 1. The van der Waals surface area contributed by atoms with Crippen LogP contribution < -0.4 is 14.8 Å². The van der Waals surface area contributed by atoms with Gasteiger partial charge in [-0.1, -0.05) is 12.1 Å². The van der Waals surface area contributed by atoms with Crippen molar-refractivity contribution < 1.29 is 17.9 Å². The third-order valence-electron chi connectivity index (χ3n) is 4.69. The Labute approximate surface area is 174 Å². The maximum atomic E-state index is 12.2. The molecule has 8 nitrogen and oxygen atoms in total. The molecule has 1 unspecified atom stereocenters. The molecule has 9 heteroatoms. The van der Waals surface area contributed by atoms with E-state index in [0.29, 0.717) is 32.3 Å². The predicted molar refractivity (Wildman–Crippen MR) is 116 cm³/mol. The van der Waals surface area contributed by atoms with Crippen LogP contribution in [0.2, 0.25) is 0 Å². The Morgan fingerprint density at radius 2 is 2.07 bits per heavy atom. The van der Waals surface area contributed by atoms with Crippen LogP contribution in [0, 0.1) is 0 Å². The fourth-order valence-electron chi connectivity index (χ4n) is 3.15. The van der Waals surface area contributed by atoms with Crippen molar-refractivity contribution in [2.75, 3.05) is 46.2 Å². The second-order valence-corrected chi connectivity index (χ2v) is 8.99. The van der Waals surface area contributed by atoms with E-state index in [2.05, 4.69) is 15.0 Å². The largest absolute Gasteiger partial charge is 0.494 e. The van der Waals surface area contributed by atoms with Gasteiger partial charge in [0.2, 0.25) is 10.0 Å². The van der Waals surface area contributed by atoms with Crippen molar-refractivity contribution in [2.24, 2.45) is 4.99 Å². The SMILES string of the molecule is CCOc1ccc(CN(C)C(=NC)NCCS(=O)(=O)NCC2CCCCO2)cc1. The third kappa shape index (κ3) is 8.59. The van der Waals surface area contributed by atoms with Gasteiger partial charge in [-0.3, -0.25) is 4.99 Å². The molecule has 0 aromatic heterocycles. The van der Waals surface area contributed by atoms with E-state index in [4.69, 9.17) is 9.47 Å². The van der Waals surface area contributed by atoms with Gasteiger partial charge in [0, 0.05) is 40.3 Å². The molecule has 0 amide bonds. The van der Waals surface area contributed by atoms with Crippen LogP contribution in [0.5, 0.6) is 5.75 Å². The lowest BCUT2D eigenvalue weighted by molar-refractivity contribution is 0.0200. The van der Waals surface area contributed by atoms with Crippen LogP contribution in [0.25, 0.3) is 0 Å². The van der Waals surface area contributed by atoms with Crippen LogP contribution in [0.15, 0.2) is 29.3 Å². The summed E-state index contributed by atoms with van der Waals surface area (Å²) in [6.45, 7) is 4.58. The number of rotatable bonds is 10. The van der Waals surface area contributed by atoms with E-state index >= 15 is 0 Å². The van der Waals surface area contributed by atoms with Crippen LogP contribution in [0.3, 0.4) is 0 Å². The minimum atomic E-state index is -3.36. The Balaban J connectivity index is 1.75. The molecule has 1 aliphatic rings. The van der Waals surface area contributed by atoms with Crippen LogP contribution in [-0.4, -0.2) is 71.5 Å². The molecule has 2 rings (SSSR count). The van der Waals surface area contributed by atoms with Crippen molar-refractivity contribution >= 4 is 16.0 Å². The lowest BCUT2D eigenvalue weighted by Crippen LogP contribution is -2.43. The smallest absolute Gasteiger partial charge is 0.213 e. The van der Waals surface area contributed by atoms with Crippen molar-refractivity contribution in [3.63, 3.8) is 0 Å². The number of nitrogens with one attached hydrogen (secondary N) is 2. The molecule has 1 saturated heterocycles. The van der Waals surface area contributed by atoms with E-state index < -0.39 is 10.0 Å². The summed E-state index contributed by atoms with van der Waals surface area (Å²) in [6.07, 6.45) is 3.03. The average Bonchev–Trinajstić information content (AvgIpc) is 2.72. The average molecular weight is 427 g/mol. The molecule has 1 heterocycles. The monoisotopic (exact) mass is 426 g/mol. The van der Waals surface area contributed by atoms with Gasteiger partial charge in [-0.15, -0.1) is 0 Å². The molecule has 0 radical (unpaired) electrons. The molecule has 1 aromatic carbocycles. The first-order chi connectivity index (χ1) is 13.9. The van der Waals surface area contributed by atoms with E-state index in [1.54, 1.807) is 7.05 Å². The normalized spacial score (nSPS) is 17.8. The Bertz CT molecular complexity index is 731. The summed E-state index contributed by atoms with van der Waals surface area (Å²) in [4.78, 5) is 6.19. The molecule has 1 atom stereocenters. The van der Waals surface area contributed by atoms with E-state index in [0.717, 1.165) is 30.6 Å². The van der Waals surface area contributed by atoms with Gasteiger partial charge >= 0.3 is 0 Å². The summed E-state index contributed by atoms with van der Waals surface area (Å²) in [5.74, 6) is 1.47. The molecule has 0 spiro atoms. The summed E-state index contributed by atoms with van der Waals surface area (Å²) < 4.78 is 38.1. The van der Waals surface area contributed by atoms with Crippen molar-refractivity contribution in [1.29, 1.82) is 0 Å². The van der Waals surface area contributed by atoms with E-state index in [1.165, 1.54) is 0 Å². The summed E-state index contributed by atoms with van der Waals surface area (Å²) in [5.41, 5.74) is 1.11. The Morgan fingerprint density at radius 3 is 2.69 bits per heavy atom. The Kier molecular flexibility index (Phi) is 9.69. The molecule has 0 saturated carbocycles. The number of hydrogen-bond donors (Lipinski definition) is 2. The standard InChI is InChI=1S/C20H34N4O4S/c1-4-27-18-10-8-17(9-11-18)16-24(3)20(21-2)22-12-14-29(25,26)23-15-19-7-5-6-13-28-19/h8-11,19,23H,4-7,12-16H2,1-3H3,(H,21,22). The molecular weight excluding hydrogens is 392 g/mol. The molecule has 0 bridgehead atoms. The molecule has 2 N–H and O–H groups in total. The summed E-state index contributed by atoms with van der Waals surface area (Å²) >= 11 is 0. The van der Waals surface area contributed by atoms with Crippen molar-refractivity contribution in [3.8, 4) is 5.75 Å². The fourth-order valence-corrected chi connectivity index (χ4v) is 4.10. The number of guanidine groups is 1. The Hall–Kier alpha value is -1.84. The van der Waals surface area contributed by atoms with E-state index in [-0.39, 0.29) is 18.4 Å². The lowest BCUT2D eigenvalue weighted by atomic mass is 10.1. The highest BCUT2D eigenvalue weighted by Crippen LogP contribution is 2.13. The second kappa shape index (κ2) is 12.0. The number of sulfonamides is 1. The van der Waals surface area contributed by atoms with Gasteiger partial charge in [0.1, 0.15) is 5.75 Å². The number of nitrogens with zero attached hydrogens (tertiary/aromatic N) is 2. The second-order valence-electron chi connectivity index (χ2n) is 7.06.